The molecule has 1 amide bonds. The average molecular weight is 293 g/mol. The van der Waals surface area contributed by atoms with Crippen molar-refractivity contribution in [3.05, 3.63) is 33.7 Å². The van der Waals surface area contributed by atoms with Crippen LogP contribution in [0.15, 0.2) is 17.1 Å². The highest BCUT2D eigenvalue weighted by Crippen LogP contribution is 2.06. The summed E-state index contributed by atoms with van der Waals surface area (Å²) in [6, 6.07) is 1.41. The molecule has 1 aliphatic rings. The van der Waals surface area contributed by atoms with Crippen molar-refractivity contribution in [2.24, 2.45) is 0 Å². The predicted molar refractivity (Wildman–Crippen MR) is 76.4 cm³/mol. The number of carbonyl (C=O) groups is 2. The fourth-order valence-electron chi connectivity index (χ4n) is 2.34. The lowest BCUT2D eigenvalue weighted by Gasteiger charge is -2.34. The molecular formula is C14H19N3O4. The molecule has 1 aromatic heterocycles. The topological polar surface area (TPSA) is 93.7 Å². The first kappa shape index (κ1) is 15.2. The fourth-order valence-corrected chi connectivity index (χ4v) is 2.34. The van der Waals surface area contributed by atoms with Crippen LogP contribution in [-0.2, 0) is 4.79 Å². The molecule has 0 radical (unpaired) electrons. The molecule has 114 valence electrons. The first-order valence-corrected chi connectivity index (χ1v) is 6.90. The van der Waals surface area contributed by atoms with E-state index in [0.29, 0.717) is 32.7 Å². The number of aryl methyl sites for hydroxylation is 1. The molecular weight excluding hydrogens is 274 g/mol. The van der Waals surface area contributed by atoms with Crippen LogP contribution in [0.3, 0.4) is 0 Å². The molecule has 0 atom stereocenters. The Morgan fingerprint density at radius 2 is 1.95 bits per heavy atom. The molecule has 0 aliphatic carbocycles. The lowest BCUT2D eigenvalue weighted by molar-refractivity contribution is -0.137. The average Bonchev–Trinajstić information content (AvgIpc) is 2.45. The van der Waals surface area contributed by atoms with E-state index in [1.807, 2.05) is 4.90 Å². The molecule has 1 aromatic rings. The van der Waals surface area contributed by atoms with Gasteiger partial charge in [0.15, 0.2) is 5.43 Å². The number of rotatable bonds is 4. The van der Waals surface area contributed by atoms with E-state index >= 15 is 0 Å². The van der Waals surface area contributed by atoms with Crippen molar-refractivity contribution in [3.63, 3.8) is 0 Å². The first-order chi connectivity index (χ1) is 9.97. The van der Waals surface area contributed by atoms with Gasteiger partial charge in [-0.1, -0.05) is 0 Å². The number of carboxylic acids is 1. The van der Waals surface area contributed by atoms with Gasteiger partial charge < -0.3 is 15.0 Å². The maximum atomic E-state index is 12.3. The number of aromatic nitrogens is 1. The van der Waals surface area contributed by atoms with Crippen LogP contribution < -0.4 is 5.43 Å². The van der Waals surface area contributed by atoms with Crippen LogP contribution in [0.1, 0.15) is 22.5 Å². The number of pyridine rings is 1. The zero-order valence-corrected chi connectivity index (χ0v) is 12.0. The van der Waals surface area contributed by atoms with Gasteiger partial charge >= 0.3 is 5.97 Å². The Bertz CT molecular complexity index is 588. The van der Waals surface area contributed by atoms with E-state index in [4.69, 9.17) is 5.11 Å². The second-order valence-corrected chi connectivity index (χ2v) is 5.17. The van der Waals surface area contributed by atoms with Gasteiger partial charge in [-0.25, -0.2) is 0 Å². The number of aromatic amines is 1. The minimum Gasteiger partial charge on any atom is -0.481 e. The highest BCUT2D eigenvalue weighted by Gasteiger charge is 2.23. The summed E-state index contributed by atoms with van der Waals surface area (Å²) in [5, 5.41) is 8.66. The Balaban J connectivity index is 1.94. The number of aliphatic carboxylic acids is 1. The smallest absolute Gasteiger partial charge is 0.304 e. The molecule has 7 nitrogen and oxygen atoms in total. The maximum absolute atomic E-state index is 12.3. The van der Waals surface area contributed by atoms with E-state index in [9.17, 15) is 14.4 Å². The number of amides is 1. The van der Waals surface area contributed by atoms with Gasteiger partial charge in [-0.2, -0.15) is 0 Å². The number of piperazine rings is 1. The number of hydrogen-bond acceptors (Lipinski definition) is 4. The summed E-state index contributed by atoms with van der Waals surface area (Å²) in [6.45, 7) is 4.52. The summed E-state index contributed by atoms with van der Waals surface area (Å²) in [4.78, 5) is 41.2. The molecule has 2 N–H and O–H groups in total. The van der Waals surface area contributed by atoms with Crippen molar-refractivity contribution in [1.82, 2.24) is 14.8 Å². The van der Waals surface area contributed by atoms with Gasteiger partial charge in [-0.15, -0.1) is 0 Å². The zero-order chi connectivity index (χ0) is 15.4. The highest BCUT2D eigenvalue weighted by molar-refractivity contribution is 5.93. The van der Waals surface area contributed by atoms with Gasteiger partial charge in [0.25, 0.3) is 5.91 Å². The van der Waals surface area contributed by atoms with Gasteiger partial charge in [0, 0.05) is 50.7 Å². The quantitative estimate of drug-likeness (QED) is 0.809. The highest BCUT2D eigenvalue weighted by atomic mass is 16.4. The summed E-state index contributed by atoms with van der Waals surface area (Å²) in [5.41, 5.74) is 0.596. The fraction of sp³-hybridized carbons (Fsp3) is 0.500. The number of carboxylic acid groups (broad SMARTS) is 1. The number of hydrogen-bond donors (Lipinski definition) is 2. The molecule has 0 bridgehead atoms. The summed E-state index contributed by atoms with van der Waals surface area (Å²) in [7, 11) is 0. The third-order valence-electron chi connectivity index (χ3n) is 3.59. The Kier molecular flexibility index (Phi) is 4.74. The van der Waals surface area contributed by atoms with Crippen LogP contribution in [-0.4, -0.2) is 64.5 Å². The van der Waals surface area contributed by atoms with Gasteiger partial charge in [-0.3, -0.25) is 19.3 Å². The number of carbonyl (C=O) groups excluding carboxylic acids is 1. The molecule has 0 saturated carbocycles. The summed E-state index contributed by atoms with van der Waals surface area (Å²) >= 11 is 0. The Labute approximate surface area is 122 Å². The molecule has 0 spiro atoms. The Morgan fingerprint density at radius 3 is 2.52 bits per heavy atom. The molecule has 7 heteroatoms. The van der Waals surface area contributed by atoms with E-state index in [1.54, 1.807) is 11.8 Å². The van der Waals surface area contributed by atoms with Gasteiger partial charge in [0.1, 0.15) is 5.56 Å². The number of H-pyrrole nitrogens is 1. The third-order valence-corrected chi connectivity index (χ3v) is 3.59. The van der Waals surface area contributed by atoms with Crippen molar-refractivity contribution in [1.29, 1.82) is 0 Å². The second kappa shape index (κ2) is 6.53. The van der Waals surface area contributed by atoms with Crippen LogP contribution in [0.4, 0.5) is 0 Å². The largest absolute Gasteiger partial charge is 0.481 e. The summed E-state index contributed by atoms with van der Waals surface area (Å²) in [6.07, 6.45) is 1.56. The Morgan fingerprint density at radius 1 is 1.29 bits per heavy atom. The Hall–Kier alpha value is -2.15. The zero-order valence-electron chi connectivity index (χ0n) is 12.0. The van der Waals surface area contributed by atoms with Crippen LogP contribution in [0.25, 0.3) is 0 Å². The molecule has 0 aromatic carbocycles. The van der Waals surface area contributed by atoms with E-state index in [1.165, 1.54) is 12.3 Å². The van der Waals surface area contributed by atoms with Crippen molar-refractivity contribution in [2.75, 3.05) is 32.7 Å². The first-order valence-electron chi connectivity index (χ1n) is 6.90. The van der Waals surface area contributed by atoms with Crippen LogP contribution >= 0.6 is 0 Å². The molecule has 0 unspecified atom stereocenters. The normalized spacial score (nSPS) is 16.0. The van der Waals surface area contributed by atoms with Crippen LogP contribution in [0.2, 0.25) is 0 Å². The second-order valence-electron chi connectivity index (χ2n) is 5.17. The van der Waals surface area contributed by atoms with Crippen molar-refractivity contribution in [3.8, 4) is 0 Å². The molecule has 21 heavy (non-hydrogen) atoms. The molecule has 1 aliphatic heterocycles. The van der Waals surface area contributed by atoms with Gasteiger partial charge in [0.2, 0.25) is 0 Å². The third kappa shape index (κ3) is 3.91. The predicted octanol–water partition coefficient (Wildman–Crippen LogP) is -0.0842. The standard InChI is InChI=1S/C14H19N3O4/c1-10-8-12(18)11(9-15-10)14(21)17-6-4-16(5-7-17)3-2-13(19)20/h8-9H,2-7H2,1H3,(H,15,18)(H,19,20). The van der Waals surface area contributed by atoms with Gasteiger partial charge in [0.05, 0.1) is 6.42 Å². The lowest BCUT2D eigenvalue weighted by Crippen LogP contribution is -2.49. The molecule has 2 rings (SSSR count). The number of nitrogens with one attached hydrogen (secondary N) is 1. The molecule has 1 saturated heterocycles. The minimum atomic E-state index is -0.820. The van der Waals surface area contributed by atoms with Crippen molar-refractivity contribution in [2.45, 2.75) is 13.3 Å². The SMILES string of the molecule is Cc1cc(=O)c(C(=O)N2CCN(CCC(=O)O)CC2)c[nH]1. The molecule has 2 heterocycles. The monoisotopic (exact) mass is 293 g/mol. The maximum Gasteiger partial charge on any atom is 0.304 e. The summed E-state index contributed by atoms with van der Waals surface area (Å²) in [5.74, 6) is -1.09. The minimum absolute atomic E-state index is 0.103. The summed E-state index contributed by atoms with van der Waals surface area (Å²) < 4.78 is 0. The van der Waals surface area contributed by atoms with Gasteiger partial charge in [-0.05, 0) is 6.92 Å². The van der Waals surface area contributed by atoms with E-state index in [2.05, 4.69) is 4.98 Å². The molecule has 1 fully saturated rings. The van der Waals surface area contributed by atoms with Crippen LogP contribution in [0.5, 0.6) is 0 Å². The van der Waals surface area contributed by atoms with Crippen molar-refractivity contribution < 1.29 is 14.7 Å². The van der Waals surface area contributed by atoms with E-state index in [-0.39, 0.29) is 23.3 Å². The van der Waals surface area contributed by atoms with Crippen molar-refractivity contribution >= 4 is 11.9 Å². The number of nitrogens with zero attached hydrogens (tertiary/aromatic N) is 2. The van der Waals surface area contributed by atoms with Crippen LogP contribution in [0, 0.1) is 6.92 Å². The van der Waals surface area contributed by atoms with E-state index < -0.39 is 5.97 Å². The lowest BCUT2D eigenvalue weighted by atomic mass is 10.2. The van der Waals surface area contributed by atoms with E-state index in [0.717, 1.165) is 5.69 Å².